The Morgan fingerprint density at radius 3 is 2.33 bits per heavy atom. The molecule has 0 spiro atoms. The minimum Gasteiger partial charge on any atom is -0.339 e. The molecule has 0 radical (unpaired) electrons. The Bertz CT molecular complexity index is 1140. The van der Waals surface area contributed by atoms with Crippen molar-refractivity contribution in [2.75, 3.05) is 26.2 Å². The van der Waals surface area contributed by atoms with Crippen LogP contribution in [0.2, 0.25) is 0 Å². The number of aromatic nitrogens is 2. The first-order valence-corrected chi connectivity index (χ1v) is 10.3. The Kier molecular flexibility index (Phi) is 4.53. The van der Waals surface area contributed by atoms with Gasteiger partial charge in [0.15, 0.2) is 0 Å². The molecule has 3 aromatic rings. The summed E-state index contributed by atoms with van der Waals surface area (Å²) < 4.78 is 16.6. The molecule has 1 aromatic heterocycles. The number of nitrogens with zero attached hydrogens (tertiary/aromatic N) is 4. The van der Waals surface area contributed by atoms with Crippen molar-refractivity contribution in [3.8, 4) is 11.1 Å². The highest BCUT2D eigenvalue weighted by atomic mass is 19.1. The fourth-order valence-electron chi connectivity index (χ4n) is 4.08. The normalized spacial score (nSPS) is 16.9. The first-order valence-electron chi connectivity index (χ1n) is 10.3. The quantitative estimate of drug-likeness (QED) is 0.672. The van der Waals surface area contributed by atoms with E-state index in [0.29, 0.717) is 31.7 Å². The fourth-order valence-corrected chi connectivity index (χ4v) is 4.08. The lowest BCUT2D eigenvalue weighted by Crippen LogP contribution is -2.51. The van der Waals surface area contributed by atoms with Gasteiger partial charge in [-0.1, -0.05) is 18.2 Å². The van der Waals surface area contributed by atoms with Gasteiger partial charge in [0.1, 0.15) is 5.82 Å². The van der Waals surface area contributed by atoms with Crippen molar-refractivity contribution in [2.45, 2.75) is 12.8 Å². The maximum Gasteiger partial charge on any atom is 0.256 e. The average Bonchev–Trinajstić information content (AvgIpc) is 3.56. The van der Waals surface area contributed by atoms with Crippen LogP contribution in [0.15, 0.2) is 42.6 Å². The minimum absolute atomic E-state index is 0.0716. The largest absolute Gasteiger partial charge is 0.339 e. The van der Waals surface area contributed by atoms with Crippen LogP contribution in [-0.2, 0) is 11.8 Å². The van der Waals surface area contributed by atoms with Gasteiger partial charge in [-0.2, -0.15) is 5.10 Å². The van der Waals surface area contributed by atoms with Crippen molar-refractivity contribution >= 4 is 22.7 Å². The highest BCUT2D eigenvalue weighted by molar-refractivity contribution is 5.95. The summed E-state index contributed by atoms with van der Waals surface area (Å²) in [5.41, 5.74) is 2.62. The smallest absolute Gasteiger partial charge is 0.256 e. The molecule has 2 heterocycles. The van der Waals surface area contributed by atoms with E-state index < -0.39 is 5.82 Å². The molecule has 2 amide bonds. The zero-order valence-corrected chi connectivity index (χ0v) is 16.8. The van der Waals surface area contributed by atoms with Crippen LogP contribution >= 0.6 is 0 Å². The van der Waals surface area contributed by atoms with E-state index >= 15 is 0 Å². The zero-order valence-electron chi connectivity index (χ0n) is 16.8. The van der Waals surface area contributed by atoms with Crippen LogP contribution in [-0.4, -0.2) is 57.6 Å². The standard InChI is InChI=1S/C23H23FN4O2/c1-26-21-13-17(4-5-18(21)14-25-26)16-6-7-19(20(24)12-16)23(30)28-10-8-27(9-11-28)22(29)15-2-3-15/h4-7,12-15H,2-3,8-11H2,1H3. The third-order valence-corrected chi connectivity index (χ3v) is 6.09. The molecule has 5 rings (SSSR count). The maximum absolute atomic E-state index is 14.9. The Labute approximate surface area is 173 Å². The zero-order chi connectivity index (χ0) is 20.8. The summed E-state index contributed by atoms with van der Waals surface area (Å²) in [5.74, 6) is -0.468. The molecule has 1 aliphatic carbocycles. The van der Waals surface area contributed by atoms with E-state index in [4.69, 9.17) is 0 Å². The van der Waals surface area contributed by atoms with E-state index in [-0.39, 0.29) is 23.3 Å². The van der Waals surface area contributed by atoms with Gasteiger partial charge >= 0.3 is 0 Å². The number of fused-ring (bicyclic) bond motifs is 1. The van der Waals surface area contributed by atoms with Crippen molar-refractivity contribution in [1.29, 1.82) is 0 Å². The second-order valence-electron chi connectivity index (χ2n) is 8.13. The van der Waals surface area contributed by atoms with E-state index in [2.05, 4.69) is 5.10 Å². The van der Waals surface area contributed by atoms with Crippen molar-refractivity contribution in [3.63, 3.8) is 0 Å². The van der Waals surface area contributed by atoms with Gasteiger partial charge in [0.25, 0.3) is 5.91 Å². The number of carbonyl (C=O) groups excluding carboxylic acids is 2. The third-order valence-electron chi connectivity index (χ3n) is 6.09. The van der Waals surface area contributed by atoms with Crippen molar-refractivity contribution in [2.24, 2.45) is 13.0 Å². The molecule has 0 bridgehead atoms. The minimum atomic E-state index is -0.529. The molecule has 2 fully saturated rings. The molecule has 0 N–H and O–H groups in total. The first-order chi connectivity index (χ1) is 14.5. The molecule has 154 valence electrons. The summed E-state index contributed by atoms with van der Waals surface area (Å²) in [6, 6.07) is 10.6. The van der Waals surface area contributed by atoms with Crippen molar-refractivity contribution in [1.82, 2.24) is 19.6 Å². The predicted molar refractivity (Wildman–Crippen MR) is 111 cm³/mol. The van der Waals surface area contributed by atoms with Gasteiger partial charge in [-0.05, 0) is 42.2 Å². The van der Waals surface area contributed by atoms with Crippen LogP contribution in [0.4, 0.5) is 4.39 Å². The molecular weight excluding hydrogens is 383 g/mol. The van der Waals surface area contributed by atoms with Gasteiger partial charge in [-0.3, -0.25) is 14.3 Å². The summed E-state index contributed by atoms with van der Waals surface area (Å²) in [4.78, 5) is 28.5. The van der Waals surface area contributed by atoms with E-state index in [9.17, 15) is 14.0 Å². The van der Waals surface area contributed by atoms with Gasteiger partial charge < -0.3 is 9.80 Å². The monoisotopic (exact) mass is 406 g/mol. The number of halogens is 1. The third kappa shape index (κ3) is 3.34. The van der Waals surface area contributed by atoms with Gasteiger partial charge in [0.05, 0.1) is 17.3 Å². The molecule has 2 aliphatic rings. The van der Waals surface area contributed by atoms with Crippen molar-refractivity contribution < 1.29 is 14.0 Å². The molecule has 0 atom stereocenters. The second kappa shape index (κ2) is 7.23. The van der Waals surface area contributed by atoms with E-state index in [0.717, 1.165) is 29.3 Å². The topological polar surface area (TPSA) is 58.4 Å². The summed E-state index contributed by atoms with van der Waals surface area (Å²) in [6.45, 7) is 1.92. The summed E-state index contributed by atoms with van der Waals surface area (Å²) in [7, 11) is 1.87. The van der Waals surface area contributed by atoms with Crippen LogP contribution in [0.3, 0.4) is 0 Å². The molecule has 2 aromatic carbocycles. The number of aryl methyl sites for hydroxylation is 1. The highest BCUT2D eigenvalue weighted by Crippen LogP contribution is 2.31. The highest BCUT2D eigenvalue weighted by Gasteiger charge is 2.35. The van der Waals surface area contributed by atoms with E-state index in [1.807, 2.05) is 30.1 Å². The molecule has 7 heteroatoms. The number of hydrogen-bond donors (Lipinski definition) is 0. The lowest BCUT2D eigenvalue weighted by atomic mass is 10.0. The average molecular weight is 406 g/mol. The van der Waals surface area contributed by atoms with Crippen LogP contribution in [0.5, 0.6) is 0 Å². The Balaban J connectivity index is 1.32. The molecule has 6 nitrogen and oxygen atoms in total. The summed E-state index contributed by atoms with van der Waals surface area (Å²) in [6.07, 6.45) is 3.74. The molecule has 1 saturated carbocycles. The molecule has 1 saturated heterocycles. The second-order valence-corrected chi connectivity index (χ2v) is 8.13. The summed E-state index contributed by atoms with van der Waals surface area (Å²) >= 11 is 0. The van der Waals surface area contributed by atoms with Crippen molar-refractivity contribution in [3.05, 3.63) is 54.0 Å². The Hall–Kier alpha value is -3.22. The lowest BCUT2D eigenvalue weighted by molar-refractivity contribution is -0.134. The van der Waals surface area contributed by atoms with Gasteiger partial charge in [0, 0.05) is 44.5 Å². The number of piperazine rings is 1. The van der Waals surface area contributed by atoms with Crippen LogP contribution in [0.25, 0.3) is 22.0 Å². The number of rotatable bonds is 3. The fraction of sp³-hybridized carbons (Fsp3) is 0.348. The van der Waals surface area contributed by atoms with Crippen LogP contribution < -0.4 is 0 Å². The Morgan fingerprint density at radius 2 is 1.63 bits per heavy atom. The summed E-state index contributed by atoms with van der Waals surface area (Å²) in [5, 5.41) is 5.26. The molecular formula is C23H23FN4O2. The lowest BCUT2D eigenvalue weighted by Gasteiger charge is -2.35. The predicted octanol–water partition coefficient (Wildman–Crippen LogP) is 3.07. The van der Waals surface area contributed by atoms with E-state index in [1.165, 1.54) is 6.07 Å². The number of amides is 2. The molecule has 1 aliphatic heterocycles. The van der Waals surface area contributed by atoms with Crippen LogP contribution in [0.1, 0.15) is 23.2 Å². The first kappa shape index (κ1) is 18.8. The van der Waals surface area contributed by atoms with Gasteiger partial charge in [0.2, 0.25) is 5.91 Å². The Morgan fingerprint density at radius 1 is 0.967 bits per heavy atom. The van der Waals surface area contributed by atoms with Gasteiger partial charge in [-0.25, -0.2) is 4.39 Å². The maximum atomic E-state index is 14.9. The van der Waals surface area contributed by atoms with Crippen LogP contribution in [0, 0.1) is 11.7 Å². The van der Waals surface area contributed by atoms with Gasteiger partial charge in [-0.15, -0.1) is 0 Å². The number of hydrogen-bond acceptors (Lipinski definition) is 3. The number of carbonyl (C=O) groups is 2. The van der Waals surface area contributed by atoms with E-state index in [1.54, 1.807) is 27.9 Å². The molecule has 0 unspecified atom stereocenters. The number of benzene rings is 2. The molecule has 30 heavy (non-hydrogen) atoms. The SMILES string of the molecule is Cn1ncc2ccc(-c3ccc(C(=O)N4CCN(C(=O)C5CC5)CC4)c(F)c3)cc21.